The van der Waals surface area contributed by atoms with Gasteiger partial charge in [-0.3, -0.25) is 0 Å². The molecule has 2 heterocycles. The van der Waals surface area contributed by atoms with Crippen LogP contribution in [0.5, 0.6) is 0 Å². The Hall–Kier alpha value is -6.16. The van der Waals surface area contributed by atoms with Gasteiger partial charge in [-0.05, 0) is 70.6 Å². The molecule has 49 heavy (non-hydrogen) atoms. The molecular weight excluding hydrogens is 615 g/mol. The third kappa shape index (κ3) is 4.47. The number of rotatable bonds is 5. The maximum atomic E-state index is 6.71. The maximum absolute atomic E-state index is 6.71. The van der Waals surface area contributed by atoms with Gasteiger partial charge in [0.15, 0.2) is 0 Å². The lowest BCUT2D eigenvalue weighted by atomic mass is 9.96. The summed E-state index contributed by atoms with van der Waals surface area (Å²) in [6.45, 7) is 0. The van der Waals surface area contributed by atoms with Crippen molar-refractivity contribution in [1.82, 2.24) is 0 Å². The largest absolute Gasteiger partial charge is 0.455 e. The van der Waals surface area contributed by atoms with Gasteiger partial charge in [-0.1, -0.05) is 127 Å². The Bertz CT molecular complexity index is 2840. The van der Waals surface area contributed by atoms with Crippen LogP contribution in [0.2, 0.25) is 0 Å². The van der Waals surface area contributed by atoms with E-state index < -0.39 is 0 Å². The first kappa shape index (κ1) is 27.9. The fourth-order valence-corrected chi connectivity index (χ4v) is 8.61. The van der Waals surface area contributed by atoms with Crippen molar-refractivity contribution >= 4 is 81.3 Å². The van der Waals surface area contributed by atoms with E-state index in [0.29, 0.717) is 0 Å². The average Bonchev–Trinajstić information content (AvgIpc) is 3.75. The Morgan fingerprint density at radius 3 is 2.06 bits per heavy atom. The van der Waals surface area contributed by atoms with Crippen LogP contribution in [0, 0.1) is 0 Å². The lowest BCUT2D eigenvalue weighted by Gasteiger charge is -2.29. The monoisotopic (exact) mass is 643 g/mol. The van der Waals surface area contributed by atoms with Crippen LogP contribution >= 0.6 is 11.3 Å². The molecule has 0 spiro atoms. The molecule has 10 aromatic rings. The van der Waals surface area contributed by atoms with Crippen molar-refractivity contribution in [3.05, 3.63) is 176 Å². The van der Waals surface area contributed by atoms with Gasteiger partial charge in [0.1, 0.15) is 11.2 Å². The van der Waals surface area contributed by atoms with Crippen molar-refractivity contribution in [2.24, 2.45) is 0 Å². The molecule has 2 aromatic heterocycles. The molecule has 8 aromatic carbocycles. The molecule has 2 nitrogen and oxygen atoms in total. The molecule has 10 rings (SSSR count). The number of nitrogens with zero attached hydrogens (tertiary/aromatic N) is 1. The summed E-state index contributed by atoms with van der Waals surface area (Å²) in [5.41, 5.74) is 9.82. The van der Waals surface area contributed by atoms with E-state index in [2.05, 4.69) is 181 Å². The summed E-state index contributed by atoms with van der Waals surface area (Å²) < 4.78 is 9.30. The second kappa shape index (κ2) is 11.2. The number of hydrogen-bond acceptors (Lipinski definition) is 3. The Labute approximate surface area is 287 Å². The molecule has 0 bridgehead atoms. The van der Waals surface area contributed by atoms with Crippen molar-refractivity contribution in [1.29, 1.82) is 0 Å². The van der Waals surface area contributed by atoms with Gasteiger partial charge in [0.05, 0.1) is 16.8 Å². The minimum atomic E-state index is 0.872. The lowest BCUT2D eigenvalue weighted by molar-refractivity contribution is 0.672. The summed E-state index contributed by atoms with van der Waals surface area (Å²) in [6, 6.07) is 63.2. The van der Waals surface area contributed by atoms with Crippen molar-refractivity contribution in [2.75, 3.05) is 4.90 Å². The Kier molecular flexibility index (Phi) is 6.39. The summed E-state index contributed by atoms with van der Waals surface area (Å²) in [4.78, 5) is 2.43. The van der Waals surface area contributed by atoms with E-state index in [4.69, 9.17) is 4.42 Å². The van der Waals surface area contributed by atoms with Gasteiger partial charge in [0.25, 0.3) is 0 Å². The molecule has 0 saturated heterocycles. The number of thiophene rings is 1. The third-order valence-electron chi connectivity index (χ3n) is 9.66. The number of hydrogen-bond donors (Lipinski definition) is 0. The molecule has 0 aliphatic rings. The van der Waals surface area contributed by atoms with E-state index in [9.17, 15) is 0 Å². The van der Waals surface area contributed by atoms with Crippen LogP contribution in [0.15, 0.2) is 180 Å². The SMILES string of the molecule is c1ccc(-c2cccc(N(c3ccccc3-c3cccc4sc5ccccc5c34)c3cccc4oc5c6ccccc6ccc5c34)c2)cc1. The van der Waals surface area contributed by atoms with E-state index in [-0.39, 0.29) is 0 Å². The van der Waals surface area contributed by atoms with Crippen molar-refractivity contribution in [3.8, 4) is 22.3 Å². The van der Waals surface area contributed by atoms with Gasteiger partial charge in [0.2, 0.25) is 0 Å². The van der Waals surface area contributed by atoms with Crippen LogP contribution in [0.3, 0.4) is 0 Å². The predicted molar refractivity (Wildman–Crippen MR) is 210 cm³/mol. The fourth-order valence-electron chi connectivity index (χ4n) is 7.48. The Morgan fingerprint density at radius 1 is 0.429 bits per heavy atom. The molecule has 0 radical (unpaired) electrons. The minimum Gasteiger partial charge on any atom is -0.455 e. The average molecular weight is 644 g/mol. The quantitative estimate of drug-likeness (QED) is 0.186. The molecule has 0 atom stereocenters. The normalized spacial score (nSPS) is 11.7. The third-order valence-corrected chi connectivity index (χ3v) is 10.8. The second-order valence-electron chi connectivity index (χ2n) is 12.5. The van der Waals surface area contributed by atoms with Crippen molar-refractivity contribution in [3.63, 3.8) is 0 Å². The maximum Gasteiger partial charge on any atom is 0.143 e. The zero-order chi connectivity index (χ0) is 32.3. The van der Waals surface area contributed by atoms with Gasteiger partial charge in [-0.2, -0.15) is 0 Å². The summed E-state index contributed by atoms with van der Waals surface area (Å²) in [6.07, 6.45) is 0. The first-order valence-electron chi connectivity index (χ1n) is 16.6. The van der Waals surface area contributed by atoms with Crippen LogP contribution in [0.4, 0.5) is 17.1 Å². The van der Waals surface area contributed by atoms with Crippen LogP contribution in [0.1, 0.15) is 0 Å². The summed E-state index contributed by atoms with van der Waals surface area (Å²) in [5, 5.41) is 7.09. The molecule has 0 N–H and O–H groups in total. The van der Waals surface area contributed by atoms with E-state index in [0.717, 1.165) is 44.4 Å². The predicted octanol–water partition coefficient (Wildman–Crippen LogP) is 13.9. The lowest BCUT2D eigenvalue weighted by Crippen LogP contribution is -2.11. The number of benzene rings is 8. The van der Waals surface area contributed by atoms with Gasteiger partial charge >= 0.3 is 0 Å². The Morgan fingerprint density at radius 2 is 1.12 bits per heavy atom. The van der Waals surface area contributed by atoms with Crippen LogP contribution in [-0.4, -0.2) is 0 Å². The highest BCUT2D eigenvalue weighted by Gasteiger charge is 2.24. The minimum absolute atomic E-state index is 0.872. The summed E-state index contributed by atoms with van der Waals surface area (Å²) >= 11 is 1.86. The highest BCUT2D eigenvalue weighted by molar-refractivity contribution is 7.25. The van der Waals surface area contributed by atoms with Crippen LogP contribution in [-0.2, 0) is 0 Å². The summed E-state index contributed by atoms with van der Waals surface area (Å²) in [5.74, 6) is 0. The molecule has 0 saturated carbocycles. The van der Waals surface area contributed by atoms with Crippen LogP contribution in [0.25, 0.3) is 75.1 Å². The van der Waals surface area contributed by atoms with Gasteiger partial charge in [-0.25, -0.2) is 0 Å². The van der Waals surface area contributed by atoms with E-state index in [1.54, 1.807) is 0 Å². The molecule has 0 amide bonds. The number of fused-ring (bicyclic) bond motifs is 8. The van der Waals surface area contributed by atoms with Gasteiger partial charge < -0.3 is 9.32 Å². The molecule has 230 valence electrons. The van der Waals surface area contributed by atoms with E-state index in [1.165, 1.54) is 47.8 Å². The Balaban J connectivity index is 1.29. The molecule has 0 aliphatic heterocycles. The molecular formula is C46H29NOS. The highest BCUT2D eigenvalue weighted by Crippen LogP contribution is 2.49. The standard InChI is InChI=1S/C46H29NOS/c1-2-13-30(14-3-1)32-16-10-17-33(29-32)47(40-23-12-24-41-45(40)38-28-27-31-15-4-5-18-34(31)46(38)48-41)39-22-8-6-19-35(39)36-21-11-26-43-44(36)37-20-7-9-25-42(37)49-43/h1-29H. The fraction of sp³-hybridized carbons (Fsp3) is 0. The zero-order valence-corrected chi connectivity index (χ0v) is 27.3. The summed E-state index contributed by atoms with van der Waals surface area (Å²) in [7, 11) is 0. The van der Waals surface area contributed by atoms with E-state index >= 15 is 0 Å². The molecule has 0 fully saturated rings. The number of para-hydroxylation sites is 1. The molecule has 3 heteroatoms. The first-order chi connectivity index (χ1) is 24.3. The number of anilines is 3. The van der Waals surface area contributed by atoms with E-state index in [1.807, 2.05) is 11.3 Å². The highest BCUT2D eigenvalue weighted by atomic mass is 32.1. The van der Waals surface area contributed by atoms with Crippen molar-refractivity contribution in [2.45, 2.75) is 0 Å². The topological polar surface area (TPSA) is 16.4 Å². The first-order valence-corrected chi connectivity index (χ1v) is 17.4. The van der Waals surface area contributed by atoms with Gasteiger partial charge in [0, 0.05) is 42.2 Å². The van der Waals surface area contributed by atoms with Crippen molar-refractivity contribution < 1.29 is 4.42 Å². The molecule has 0 aliphatic carbocycles. The molecule has 0 unspecified atom stereocenters. The smallest absolute Gasteiger partial charge is 0.143 e. The van der Waals surface area contributed by atoms with Gasteiger partial charge in [-0.15, -0.1) is 11.3 Å². The van der Waals surface area contributed by atoms with Crippen LogP contribution < -0.4 is 4.90 Å². The zero-order valence-electron chi connectivity index (χ0n) is 26.5. The second-order valence-corrected chi connectivity index (χ2v) is 13.5. The number of furan rings is 1.